The van der Waals surface area contributed by atoms with Crippen LogP contribution in [0.2, 0.25) is 0 Å². The molecule has 0 unspecified atom stereocenters. The molecule has 0 atom stereocenters. The van der Waals surface area contributed by atoms with Gasteiger partial charge in [-0.15, -0.1) is 6.58 Å². The maximum Gasteiger partial charge on any atom is 0.185 e. The average molecular weight is 164 g/mol. The van der Waals surface area contributed by atoms with Gasteiger partial charge in [0.05, 0.1) is 0 Å². The number of aryl methyl sites for hydroxylation is 1. The summed E-state index contributed by atoms with van der Waals surface area (Å²) in [5.41, 5.74) is 0. The quantitative estimate of drug-likeness (QED) is 0.377. The summed E-state index contributed by atoms with van der Waals surface area (Å²) < 4.78 is 1.84. The molecule has 0 bridgehead atoms. The SMILES string of the molecule is C=CCCCn1ccnc1C=O. The van der Waals surface area contributed by atoms with Crippen LogP contribution in [0, 0.1) is 0 Å². The number of carbonyl (C=O) groups is 1. The number of aldehydes is 1. The van der Waals surface area contributed by atoms with Crippen LogP contribution in [-0.2, 0) is 6.54 Å². The molecule has 0 aliphatic heterocycles. The van der Waals surface area contributed by atoms with Crippen LogP contribution in [0.1, 0.15) is 23.5 Å². The number of unbranched alkanes of at least 4 members (excludes halogenated alkanes) is 1. The van der Waals surface area contributed by atoms with Crippen LogP contribution in [0.25, 0.3) is 0 Å². The lowest BCUT2D eigenvalue weighted by Crippen LogP contribution is -2.01. The van der Waals surface area contributed by atoms with E-state index in [2.05, 4.69) is 11.6 Å². The Morgan fingerprint density at radius 3 is 3.17 bits per heavy atom. The Morgan fingerprint density at radius 1 is 1.67 bits per heavy atom. The molecule has 0 fully saturated rings. The molecule has 0 N–H and O–H groups in total. The summed E-state index contributed by atoms with van der Waals surface area (Å²) in [6, 6.07) is 0. The van der Waals surface area contributed by atoms with Gasteiger partial charge in [-0.3, -0.25) is 4.79 Å². The highest BCUT2D eigenvalue weighted by molar-refractivity contribution is 5.69. The van der Waals surface area contributed by atoms with Gasteiger partial charge in [0.1, 0.15) is 0 Å². The van der Waals surface area contributed by atoms with E-state index in [1.54, 1.807) is 6.20 Å². The smallest absolute Gasteiger partial charge is 0.185 e. The summed E-state index contributed by atoms with van der Waals surface area (Å²) in [5, 5.41) is 0. The molecule has 1 rings (SSSR count). The topological polar surface area (TPSA) is 34.9 Å². The molecule has 0 spiro atoms. The van der Waals surface area contributed by atoms with Crippen molar-refractivity contribution in [1.82, 2.24) is 9.55 Å². The minimum absolute atomic E-state index is 0.499. The van der Waals surface area contributed by atoms with Gasteiger partial charge in [0.15, 0.2) is 12.1 Å². The normalized spacial score (nSPS) is 9.67. The molecule has 0 saturated carbocycles. The highest BCUT2D eigenvalue weighted by Gasteiger charge is 1.98. The van der Waals surface area contributed by atoms with Crippen LogP contribution in [0.15, 0.2) is 25.0 Å². The van der Waals surface area contributed by atoms with E-state index in [0.29, 0.717) is 5.82 Å². The molecule has 3 nitrogen and oxygen atoms in total. The van der Waals surface area contributed by atoms with E-state index in [0.717, 1.165) is 25.7 Å². The third-order valence-corrected chi connectivity index (χ3v) is 1.66. The fourth-order valence-corrected chi connectivity index (χ4v) is 1.03. The number of rotatable bonds is 5. The zero-order valence-electron chi connectivity index (χ0n) is 6.94. The maximum absolute atomic E-state index is 10.4. The molecular formula is C9H12N2O. The van der Waals surface area contributed by atoms with Crippen LogP contribution >= 0.6 is 0 Å². The molecule has 1 aromatic heterocycles. The third-order valence-electron chi connectivity index (χ3n) is 1.66. The first-order valence-corrected chi connectivity index (χ1v) is 3.95. The van der Waals surface area contributed by atoms with Gasteiger partial charge in [0.2, 0.25) is 0 Å². The van der Waals surface area contributed by atoms with Gasteiger partial charge in [-0.05, 0) is 12.8 Å². The van der Waals surface area contributed by atoms with E-state index in [9.17, 15) is 4.79 Å². The summed E-state index contributed by atoms with van der Waals surface area (Å²) >= 11 is 0. The first-order chi connectivity index (χ1) is 5.88. The lowest BCUT2D eigenvalue weighted by molar-refractivity contribution is 0.111. The van der Waals surface area contributed by atoms with Crippen molar-refractivity contribution in [2.75, 3.05) is 0 Å². The molecule has 0 radical (unpaired) electrons. The minimum atomic E-state index is 0.499. The summed E-state index contributed by atoms with van der Waals surface area (Å²) in [6.07, 6.45) is 8.06. The fraction of sp³-hybridized carbons (Fsp3) is 0.333. The van der Waals surface area contributed by atoms with Gasteiger partial charge in [0, 0.05) is 18.9 Å². The second-order valence-corrected chi connectivity index (χ2v) is 2.53. The van der Waals surface area contributed by atoms with E-state index >= 15 is 0 Å². The number of aromatic nitrogens is 2. The van der Waals surface area contributed by atoms with Crippen LogP contribution < -0.4 is 0 Å². The first-order valence-electron chi connectivity index (χ1n) is 3.95. The van der Waals surface area contributed by atoms with Crippen molar-refractivity contribution in [3.05, 3.63) is 30.9 Å². The van der Waals surface area contributed by atoms with Crippen LogP contribution in [0.4, 0.5) is 0 Å². The average Bonchev–Trinajstić information content (AvgIpc) is 2.52. The third kappa shape index (κ3) is 2.05. The van der Waals surface area contributed by atoms with Crippen LogP contribution in [-0.4, -0.2) is 15.8 Å². The van der Waals surface area contributed by atoms with Gasteiger partial charge in [0.25, 0.3) is 0 Å². The Kier molecular flexibility index (Phi) is 3.26. The predicted molar refractivity (Wildman–Crippen MR) is 47.0 cm³/mol. The standard InChI is InChI=1S/C9H12N2O/c1-2-3-4-6-11-7-5-10-9(11)8-12/h2,5,7-8H,1,3-4,6H2. The Bertz CT molecular complexity index is 265. The van der Waals surface area contributed by atoms with Crippen molar-refractivity contribution < 1.29 is 4.79 Å². The molecule has 0 amide bonds. The fourth-order valence-electron chi connectivity index (χ4n) is 1.03. The van der Waals surface area contributed by atoms with E-state index in [1.165, 1.54) is 0 Å². The number of nitrogens with zero attached hydrogens (tertiary/aromatic N) is 2. The van der Waals surface area contributed by atoms with Crippen molar-refractivity contribution in [2.24, 2.45) is 0 Å². The molecule has 3 heteroatoms. The van der Waals surface area contributed by atoms with E-state index in [1.807, 2.05) is 16.8 Å². The van der Waals surface area contributed by atoms with E-state index < -0.39 is 0 Å². The van der Waals surface area contributed by atoms with Crippen molar-refractivity contribution in [2.45, 2.75) is 19.4 Å². The molecule has 12 heavy (non-hydrogen) atoms. The van der Waals surface area contributed by atoms with Gasteiger partial charge >= 0.3 is 0 Å². The molecular weight excluding hydrogens is 152 g/mol. The second kappa shape index (κ2) is 4.49. The molecule has 1 aromatic rings. The van der Waals surface area contributed by atoms with Crippen molar-refractivity contribution in [3.63, 3.8) is 0 Å². The Labute approximate surface area is 71.7 Å². The number of hydrogen-bond donors (Lipinski definition) is 0. The number of imidazole rings is 1. The van der Waals surface area contributed by atoms with Crippen molar-refractivity contribution in [1.29, 1.82) is 0 Å². The Hall–Kier alpha value is -1.38. The van der Waals surface area contributed by atoms with Crippen LogP contribution in [0.5, 0.6) is 0 Å². The largest absolute Gasteiger partial charge is 0.329 e. The molecule has 0 aromatic carbocycles. The van der Waals surface area contributed by atoms with Gasteiger partial charge in [-0.2, -0.15) is 0 Å². The van der Waals surface area contributed by atoms with E-state index in [4.69, 9.17) is 0 Å². The monoisotopic (exact) mass is 164 g/mol. The number of allylic oxidation sites excluding steroid dienone is 1. The molecule has 0 saturated heterocycles. The second-order valence-electron chi connectivity index (χ2n) is 2.53. The summed E-state index contributed by atoms with van der Waals surface area (Å²) in [6.45, 7) is 4.46. The zero-order chi connectivity index (χ0) is 8.81. The molecule has 1 heterocycles. The molecule has 0 aliphatic rings. The number of carbonyl (C=O) groups excluding carboxylic acids is 1. The Morgan fingerprint density at radius 2 is 2.50 bits per heavy atom. The minimum Gasteiger partial charge on any atom is -0.329 e. The highest BCUT2D eigenvalue weighted by Crippen LogP contribution is 1.99. The Balaban J connectivity index is 2.50. The highest BCUT2D eigenvalue weighted by atomic mass is 16.1. The lowest BCUT2D eigenvalue weighted by Gasteiger charge is -2.00. The van der Waals surface area contributed by atoms with Gasteiger partial charge in [-0.1, -0.05) is 6.08 Å². The van der Waals surface area contributed by atoms with Gasteiger partial charge < -0.3 is 4.57 Å². The van der Waals surface area contributed by atoms with E-state index in [-0.39, 0.29) is 0 Å². The summed E-state index contributed by atoms with van der Waals surface area (Å²) in [5.74, 6) is 0.499. The first kappa shape index (κ1) is 8.71. The zero-order valence-corrected chi connectivity index (χ0v) is 6.94. The van der Waals surface area contributed by atoms with Crippen LogP contribution in [0.3, 0.4) is 0 Å². The van der Waals surface area contributed by atoms with Gasteiger partial charge in [-0.25, -0.2) is 4.98 Å². The van der Waals surface area contributed by atoms with Crippen molar-refractivity contribution >= 4 is 6.29 Å². The summed E-state index contributed by atoms with van der Waals surface area (Å²) in [7, 11) is 0. The predicted octanol–water partition coefficient (Wildman–Crippen LogP) is 1.66. The molecule has 64 valence electrons. The molecule has 0 aliphatic carbocycles. The van der Waals surface area contributed by atoms with Crippen molar-refractivity contribution in [3.8, 4) is 0 Å². The summed E-state index contributed by atoms with van der Waals surface area (Å²) in [4.78, 5) is 14.3. The maximum atomic E-state index is 10.4. The number of hydrogen-bond acceptors (Lipinski definition) is 2. The lowest BCUT2D eigenvalue weighted by atomic mass is 10.3.